The lowest BCUT2D eigenvalue weighted by molar-refractivity contribution is 0.324. The van der Waals surface area contributed by atoms with Crippen LogP contribution in [0.1, 0.15) is 37.7 Å². The smallest absolute Gasteiger partial charge is 0.206 e. The molecule has 3 aromatic rings. The van der Waals surface area contributed by atoms with Gasteiger partial charge in [-0.1, -0.05) is 25.3 Å². The summed E-state index contributed by atoms with van der Waals surface area (Å²) in [5.74, 6) is 1.77. The second-order valence-electron chi connectivity index (χ2n) is 7.32. The number of methoxy groups -OCH3 is 3. The van der Waals surface area contributed by atoms with Gasteiger partial charge in [0.1, 0.15) is 0 Å². The lowest BCUT2D eigenvalue weighted by Gasteiger charge is -2.16. The molecule has 1 saturated carbocycles. The summed E-state index contributed by atoms with van der Waals surface area (Å²) in [6, 6.07) is 8.33. The molecule has 0 spiro atoms. The van der Waals surface area contributed by atoms with Gasteiger partial charge < -0.3 is 14.2 Å². The maximum atomic E-state index is 5.48. The number of aromatic nitrogens is 1. The molecule has 2 aromatic heterocycles. The molecule has 31 heavy (non-hydrogen) atoms. The highest BCUT2D eigenvalue weighted by Gasteiger charge is 2.15. The van der Waals surface area contributed by atoms with Crippen molar-refractivity contribution in [1.82, 2.24) is 4.68 Å². The number of hydrogen-bond acceptors (Lipinski definition) is 7. The number of rotatable bonds is 7. The Hall–Kier alpha value is -2.58. The van der Waals surface area contributed by atoms with E-state index in [2.05, 4.69) is 22.9 Å². The van der Waals surface area contributed by atoms with Crippen molar-refractivity contribution in [1.29, 1.82) is 0 Å². The number of thiophene rings is 1. The number of thiazole rings is 1. The average Bonchev–Trinajstić information content (AvgIpc) is 3.47. The molecule has 0 atom stereocenters. The van der Waals surface area contributed by atoms with Crippen LogP contribution in [0.4, 0.5) is 0 Å². The Morgan fingerprint density at radius 2 is 1.74 bits per heavy atom. The fourth-order valence-electron chi connectivity index (χ4n) is 3.76. The molecule has 6 nitrogen and oxygen atoms in total. The van der Waals surface area contributed by atoms with E-state index >= 15 is 0 Å². The molecule has 2 heterocycles. The van der Waals surface area contributed by atoms with E-state index < -0.39 is 0 Å². The minimum Gasteiger partial charge on any atom is -0.493 e. The molecular weight excluding hydrogens is 430 g/mol. The minimum absolute atomic E-state index is 0.381. The molecule has 0 radical (unpaired) electrons. The lowest BCUT2D eigenvalue weighted by Crippen LogP contribution is -2.18. The maximum Gasteiger partial charge on any atom is 0.206 e. The third-order valence-corrected chi connectivity index (χ3v) is 7.06. The van der Waals surface area contributed by atoms with E-state index in [9.17, 15) is 0 Å². The van der Waals surface area contributed by atoms with Crippen molar-refractivity contribution >= 4 is 28.9 Å². The van der Waals surface area contributed by atoms with Gasteiger partial charge in [-0.25, -0.2) is 4.68 Å². The zero-order valence-corrected chi connectivity index (χ0v) is 19.7. The summed E-state index contributed by atoms with van der Waals surface area (Å²) in [6.45, 7) is 0. The first-order valence-electron chi connectivity index (χ1n) is 10.4. The zero-order chi connectivity index (χ0) is 21.6. The monoisotopic (exact) mass is 457 g/mol. The normalized spacial score (nSPS) is 15.5. The minimum atomic E-state index is 0.381. The van der Waals surface area contributed by atoms with Crippen LogP contribution < -0.4 is 19.0 Å². The molecule has 1 fully saturated rings. The quantitative estimate of drug-likeness (QED) is 0.445. The van der Waals surface area contributed by atoms with Gasteiger partial charge in [0.2, 0.25) is 10.6 Å². The van der Waals surface area contributed by atoms with E-state index in [1.165, 1.54) is 24.1 Å². The molecule has 0 unspecified atom stereocenters. The van der Waals surface area contributed by atoms with Gasteiger partial charge in [0.25, 0.3) is 0 Å². The van der Waals surface area contributed by atoms with Gasteiger partial charge in [0.05, 0.1) is 44.2 Å². The molecule has 0 N–H and O–H groups in total. The van der Waals surface area contributed by atoms with Crippen LogP contribution in [0.5, 0.6) is 17.2 Å². The SMILES string of the molecule is COc1cc(C=Nn2c(-c3cccs3)csc2=NC2CCCCC2)cc(OC)c1OC. The standard InChI is InChI=1S/C23H27N3O3S2/c1-27-19-12-16(13-20(28-2)22(19)29-3)14-24-26-18(21-10-7-11-30-21)15-31-23(26)25-17-8-5-4-6-9-17/h7,10-15,17H,4-6,8-9H2,1-3H3. The largest absolute Gasteiger partial charge is 0.493 e. The van der Waals surface area contributed by atoms with Crippen LogP contribution in [0.2, 0.25) is 0 Å². The van der Waals surface area contributed by atoms with E-state index in [1.807, 2.05) is 23.0 Å². The predicted octanol–water partition coefficient (Wildman–Crippen LogP) is 5.42. The number of benzene rings is 1. The molecule has 0 amide bonds. The summed E-state index contributed by atoms with van der Waals surface area (Å²) in [7, 11) is 4.82. The molecule has 1 aromatic carbocycles. The van der Waals surface area contributed by atoms with Crippen LogP contribution in [0.25, 0.3) is 10.6 Å². The van der Waals surface area contributed by atoms with Gasteiger partial charge in [0, 0.05) is 10.9 Å². The fourth-order valence-corrected chi connectivity index (χ4v) is 5.46. The first-order valence-corrected chi connectivity index (χ1v) is 12.1. The first kappa shape index (κ1) is 21.6. The lowest BCUT2D eigenvalue weighted by atomic mass is 9.96. The third-order valence-electron chi connectivity index (χ3n) is 5.34. The van der Waals surface area contributed by atoms with Crippen molar-refractivity contribution < 1.29 is 14.2 Å². The van der Waals surface area contributed by atoms with Crippen LogP contribution in [0, 0.1) is 0 Å². The van der Waals surface area contributed by atoms with Gasteiger partial charge >= 0.3 is 0 Å². The van der Waals surface area contributed by atoms with E-state index in [4.69, 9.17) is 24.3 Å². The molecule has 0 saturated heterocycles. The highest BCUT2D eigenvalue weighted by Crippen LogP contribution is 2.37. The van der Waals surface area contributed by atoms with Gasteiger partial charge in [0.15, 0.2) is 11.5 Å². The Bertz CT molecular complexity index is 1070. The maximum absolute atomic E-state index is 5.48. The Labute approximate surface area is 190 Å². The van der Waals surface area contributed by atoms with E-state index in [0.29, 0.717) is 23.3 Å². The van der Waals surface area contributed by atoms with Crippen molar-refractivity contribution in [3.8, 4) is 27.8 Å². The first-order chi connectivity index (χ1) is 15.2. The van der Waals surface area contributed by atoms with Crippen LogP contribution in [-0.4, -0.2) is 38.3 Å². The summed E-state index contributed by atoms with van der Waals surface area (Å²) in [5, 5.41) is 9.05. The second kappa shape index (κ2) is 10.2. The predicted molar refractivity (Wildman–Crippen MR) is 127 cm³/mol. The Balaban J connectivity index is 1.75. The summed E-state index contributed by atoms with van der Waals surface area (Å²) < 4.78 is 18.3. The Kier molecular flexibility index (Phi) is 7.09. The van der Waals surface area contributed by atoms with Gasteiger partial charge in [-0.15, -0.1) is 22.7 Å². The Morgan fingerprint density at radius 3 is 2.35 bits per heavy atom. The van der Waals surface area contributed by atoms with E-state index in [0.717, 1.165) is 28.9 Å². The van der Waals surface area contributed by atoms with E-state index in [1.54, 1.807) is 44.0 Å². The van der Waals surface area contributed by atoms with Crippen LogP contribution >= 0.6 is 22.7 Å². The number of hydrogen-bond donors (Lipinski definition) is 0. The highest BCUT2D eigenvalue weighted by atomic mass is 32.1. The molecular formula is C23H27N3O3S2. The van der Waals surface area contributed by atoms with Gasteiger partial charge in [-0.05, 0) is 36.4 Å². The van der Waals surface area contributed by atoms with Crippen molar-refractivity contribution in [3.05, 3.63) is 45.4 Å². The number of nitrogens with zero attached hydrogens (tertiary/aromatic N) is 3. The van der Waals surface area contributed by atoms with E-state index in [-0.39, 0.29) is 0 Å². The molecule has 1 aliphatic carbocycles. The van der Waals surface area contributed by atoms with Gasteiger partial charge in [-0.3, -0.25) is 4.99 Å². The van der Waals surface area contributed by atoms with Crippen molar-refractivity contribution in [2.45, 2.75) is 38.1 Å². The third kappa shape index (κ3) is 4.85. The van der Waals surface area contributed by atoms with Crippen LogP contribution in [-0.2, 0) is 0 Å². The Morgan fingerprint density at radius 1 is 1.00 bits per heavy atom. The van der Waals surface area contributed by atoms with Gasteiger partial charge in [-0.2, -0.15) is 5.10 Å². The van der Waals surface area contributed by atoms with Crippen molar-refractivity contribution in [2.75, 3.05) is 21.3 Å². The summed E-state index contributed by atoms with van der Waals surface area (Å²) in [4.78, 5) is 7.16. The average molecular weight is 458 g/mol. The van der Waals surface area contributed by atoms with Crippen LogP contribution in [0.3, 0.4) is 0 Å². The second-order valence-corrected chi connectivity index (χ2v) is 9.10. The molecule has 8 heteroatoms. The molecule has 4 rings (SSSR count). The van der Waals surface area contributed by atoms with Crippen molar-refractivity contribution in [2.24, 2.45) is 10.1 Å². The zero-order valence-electron chi connectivity index (χ0n) is 18.0. The summed E-state index contributed by atoms with van der Waals surface area (Å²) in [5.41, 5.74) is 1.91. The topological polar surface area (TPSA) is 57.3 Å². The van der Waals surface area contributed by atoms with Crippen LogP contribution in [0.15, 0.2) is 45.1 Å². The van der Waals surface area contributed by atoms with Crippen molar-refractivity contribution in [3.63, 3.8) is 0 Å². The molecule has 0 bridgehead atoms. The summed E-state index contributed by atoms with van der Waals surface area (Å²) in [6.07, 6.45) is 7.95. The number of ether oxygens (including phenoxy) is 3. The molecule has 1 aliphatic rings. The fraction of sp³-hybridized carbons (Fsp3) is 0.391. The molecule has 0 aliphatic heterocycles. The summed E-state index contributed by atoms with van der Waals surface area (Å²) >= 11 is 3.35. The highest BCUT2D eigenvalue weighted by molar-refractivity contribution is 7.14. The molecule has 164 valence electrons.